The lowest BCUT2D eigenvalue weighted by atomic mass is 9.91. The highest BCUT2D eigenvalue weighted by atomic mass is 16.3. The second-order valence-corrected chi connectivity index (χ2v) is 4.56. The van der Waals surface area contributed by atoms with Gasteiger partial charge in [-0.15, -0.1) is 0 Å². The van der Waals surface area contributed by atoms with E-state index in [2.05, 4.69) is 6.07 Å². The van der Waals surface area contributed by atoms with Crippen LogP contribution in [0.3, 0.4) is 0 Å². The minimum absolute atomic E-state index is 1.17. The van der Waals surface area contributed by atoms with Gasteiger partial charge in [0.15, 0.2) is 0 Å². The molecule has 0 unspecified atom stereocenters. The third kappa shape index (κ3) is 3.57. The van der Waals surface area contributed by atoms with E-state index in [9.17, 15) is 0 Å². The maximum absolute atomic E-state index is 6.02. The van der Waals surface area contributed by atoms with Crippen LogP contribution in [0.25, 0.3) is 0 Å². The first kappa shape index (κ1) is 15.2. The molecule has 2 aliphatic rings. The molecule has 0 aliphatic heterocycles. The minimum atomic E-state index is 1.17. The standard InChI is InChI=1S/C13H17O.2C2H6/c1-3-7-12-10(5-1)9-11-6-2-4-8-13(11)14-12;2*1-2/h9H,1-8H2;2*1-2H3/q+1;;. The molecule has 1 aromatic heterocycles. The van der Waals surface area contributed by atoms with Crippen molar-refractivity contribution < 1.29 is 4.42 Å². The highest BCUT2D eigenvalue weighted by molar-refractivity contribution is 5.30. The zero-order valence-corrected chi connectivity index (χ0v) is 12.6. The van der Waals surface area contributed by atoms with E-state index in [1.165, 1.54) is 74.0 Å². The molecule has 0 N–H and O–H groups in total. The number of fused-ring (bicyclic) bond motifs is 2. The molecular formula is C17H29O+. The first-order valence-electron chi connectivity index (χ1n) is 7.90. The van der Waals surface area contributed by atoms with Gasteiger partial charge in [-0.2, -0.15) is 0 Å². The van der Waals surface area contributed by atoms with E-state index in [-0.39, 0.29) is 0 Å². The zero-order valence-electron chi connectivity index (χ0n) is 12.6. The van der Waals surface area contributed by atoms with Gasteiger partial charge in [-0.05, 0) is 44.6 Å². The summed E-state index contributed by atoms with van der Waals surface area (Å²) < 4.78 is 6.02. The normalized spacial score (nSPS) is 16.2. The van der Waals surface area contributed by atoms with Gasteiger partial charge in [-0.25, -0.2) is 4.42 Å². The molecule has 0 fully saturated rings. The van der Waals surface area contributed by atoms with Crippen LogP contribution in [0.2, 0.25) is 0 Å². The van der Waals surface area contributed by atoms with E-state index in [0.29, 0.717) is 0 Å². The van der Waals surface area contributed by atoms with Crippen molar-refractivity contribution in [1.29, 1.82) is 0 Å². The van der Waals surface area contributed by atoms with Crippen molar-refractivity contribution >= 4 is 0 Å². The largest absolute Gasteiger partial charge is 0.332 e. The average molecular weight is 249 g/mol. The molecule has 0 saturated heterocycles. The van der Waals surface area contributed by atoms with Crippen LogP contribution in [0.1, 0.15) is 76.0 Å². The third-order valence-corrected chi connectivity index (χ3v) is 3.51. The van der Waals surface area contributed by atoms with Crippen molar-refractivity contribution in [2.45, 2.75) is 79.1 Å². The SMILES string of the molecule is CC.CC.c1c2c([o+]c3c1CCCC3)CCCC2. The van der Waals surface area contributed by atoms with E-state index < -0.39 is 0 Å². The molecule has 0 aromatic carbocycles. The summed E-state index contributed by atoms with van der Waals surface area (Å²) in [5, 5.41) is 0. The molecular weight excluding hydrogens is 220 g/mol. The molecule has 0 saturated carbocycles. The van der Waals surface area contributed by atoms with Crippen molar-refractivity contribution in [3.05, 3.63) is 28.7 Å². The molecule has 0 amide bonds. The lowest BCUT2D eigenvalue weighted by Crippen LogP contribution is -2.09. The quantitative estimate of drug-likeness (QED) is 0.562. The van der Waals surface area contributed by atoms with Crippen molar-refractivity contribution in [3.8, 4) is 0 Å². The molecule has 0 radical (unpaired) electrons. The van der Waals surface area contributed by atoms with E-state index in [1.54, 1.807) is 0 Å². The Kier molecular flexibility index (Phi) is 7.00. The average Bonchev–Trinajstić information content (AvgIpc) is 2.49. The van der Waals surface area contributed by atoms with Gasteiger partial charge >= 0.3 is 11.5 Å². The van der Waals surface area contributed by atoms with Crippen LogP contribution in [-0.4, -0.2) is 0 Å². The summed E-state index contributed by atoms with van der Waals surface area (Å²) in [6, 6.07) is 2.42. The van der Waals surface area contributed by atoms with Crippen molar-refractivity contribution in [2.75, 3.05) is 0 Å². The van der Waals surface area contributed by atoms with Gasteiger partial charge in [0.2, 0.25) is 0 Å². The molecule has 0 spiro atoms. The fourth-order valence-corrected chi connectivity index (χ4v) is 2.70. The highest BCUT2D eigenvalue weighted by Crippen LogP contribution is 2.29. The van der Waals surface area contributed by atoms with E-state index in [0.717, 1.165) is 0 Å². The van der Waals surface area contributed by atoms with Gasteiger partial charge < -0.3 is 0 Å². The zero-order chi connectivity index (χ0) is 13.4. The first-order valence-corrected chi connectivity index (χ1v) is 7.90. The van der Waals surface area contributed by atoms with E-state index in [4.69, 9.17) is 4.42 Å². The molecule has 1 nitrogen and oxygen atoms in total. The highest BCUT2D eigenvalue weighted by Gasteiger charge is 2.27. The summed E-state index contributed by atoms with van der Waals surface area (Å²) in [6.45, 7) is 8.00. The summed E-state index contributed by atoms with van der Waals surface area (Å²) in [4.78, 5) is 0. The van der Waals surface area contributed by atoms with Crippen molar-refractivity contribution in [2.24, 2.45) is 0 Å². The Labute approximate surface area is 113 Å². The Morgan fingerprint density at radius 3 is 1.50 bits per heavy atom. The second kappa shape index (κ2) is 8.29. The molecule has 3 rings (SSSR count). The molecule has 1 heterocycles. The molecule has 1 heteroatoms. The van der Waals surface area contributed by atoms with Gasteiger partial charge in [-0.1, -0.05) is 27.7 Å². The maximum Gasteiger partial charge on any atom is 0.332 e. The smallest absolute Gasteiger partial charge is 0.217 e. The summed E-state index contributed by atoms with van der Waals surface area (Å²) in [7, 11) is 0. The Morgan fingerprint density at radius 1 is 0.667 bits per heavy atom. The molecule has 0 bridgehead atoms. The lowest BCUT2D eigenvalue weighted by molar-refractivity contribution is 0.396. The molecule has 2 aliphatic carbocycles. The third-order valence-electron chi connectivity index (χ3n) is 3.51. The molecule has 1 aromatic rings. The van der Waals surface area contributed by atoms with Crippen LogP contribution >= 0.6 is 0 Å². The van der Waals surface area contributed by atoms with E-state index >= 15 is 0 Å². The van der Waals surface area contributed by atoms with Crippen LogP contribution in [0, 0.1) is 0 Å². The lowest BCUT2D eigenvalue weighted by Gasteiger charge is -2.12. The van der Waals surface area contributed by atoms with Crippen LogP contribution in [0.4, 0.5) is 0 Å². The van der Waals surface area contributed by atoms with Crippen LogP contribution in [0.5, 0.6) is 0 Å². The molecule has 0 atom stereocenters. The molecule has 102 valence electrons. The summed E-state index contributed by atoms with van der Waals surface area (Å²) in [5.74, 6) is 2.58. The maximum atomic E-state index is 6.02. The summed E-state index contributed by atoms with van der Waals surface area (Å²) in [6.07, 6.45) is 10.1. The van der Waals surface area contributed by atoms with Gasteiger partial charge in [0.25, 0.3) is 0 Å². The van der Waals surface area contributed by atoms with Gasteiger partial charge in [0, 0.05) is 0 Å². The Balaban J connectivity index is 0.000000371. The number of aryl methyl sites for hydroxylation is 4. The van der Waals surface area contributed by atoms with Crippen LogP contribution < -0.4 is 0 Å². The van der Waals surface area contributed by atoms with Gasteiger partial charge in [0.1, 0.15) is 0 Å². The monoisotopic (exact) mass is 249 g/mol. The summed E-state index contributed by atoms with van der Waals surface area (Å²) >= 11 is 0. The van der Waals surface area contributed by atoms with Crippen molar-refractivity contribution in [3.63, 3.8) is 0 Å². The number of hydrogen-bond donors (Lipinski definition) is 0. The van der Waals surface area contributed by atoms with Crippen molar-refractivity contribution in [1.82, 2.24) is 0 Å². The Bertz CT molecular complexity index is 289. The van der Waals surface area contributed by atoms with Gasteiger partial charge in [-0.3, -0.25) is 0 Å². The fourth-order valence-electron chi connectivity index (χ4n) is 2.70. The first-order chi connectivity index (χ1) is 8.93. The molecule has 18 heavy (non-hydrogen) atoms. The summed E-state index contributed by atoms with van der Waals surface area (Å²) in [5.41, 5.74) is 2.99. The number of hydrogen-bond acceptors (Lipinski definition) is 0. The van der Waals surface area contributed by atoms with Gasteiger partial charge in [0.05, 0.1) is 24.0 Å². The minimum Gasteiger partial charge on any atom is -0.217 e. The fraction of sp³-hybridized carbons (Fsp3) is 0.706. The number of rotatable bonds is 0. The van der Waals surface area contributed by atoms with Crippen LogP contribution in [0.15, 0.2) is 10.5 Å². The Morgan fingerprint density at radius 2 is 1.06 bits per heavy atom. The predicted molar refractivity (Wildman–Crippen MR) is 79.1 cm³/mol. The van der Waals surface area contributed by atoms with E-state index in [1.807, 2.05) is 27.7 Å². The Hall–Kier alpha value is -0.850. The predicted octanol–water partition coefficient (Wildman–Crippen LogP) is 5.37. The topological polar surface area (TPSA) is 11.3 Å². The second-order valence-electron chi connectivity index (χ2n) is 4.56. The van der Waals surface area contributed by atoms with Crippen LogP contribution in [-0.2, 0) is 25.7 Å².